The molecule has 1 rings (SSSR count). The molecule has 0 saturated heterocycles. The lowest BCUT2D eigenvalue weighted by molar-refractivity contribution is -0.139. The number of rotatable bonds is 8. The van der Waals surface area contributed by atoms with Gasteiger partial charge in [0.05, 0.1) is 6.61 Å². The van der Waals surface area contributed by atoms with E-state index in [9.17, 15) is 9.59 Å². The van der Waals surface area contributed by atoms with Crippen LogP contribution < -0.4 is 10.6 Å². The lowest BCUT2D eigenvalue weighted by Gasteiger charge is -2.15. The van der Waals surface area contributed by atoms with Crippen molar-refractivity contribution in [3.8, 4) is 0 Å². The van der Waals surface area contributed by atoms with Gasteiger partial charge >= 0.3 is 12.0 Å². The number of unbranched alkanes of at least 4 members (excludes halogenated alkanes) is 1. The number of hydrogen-bond donors (Lipinski definition) is 3. The number of hydrogen-bond acceptors (Lipinski definition) is 3. The van der Waals surface area contributed by atoms with Crippen LogP contribution in [0, 0.1) is 0 Å². The Balaban J connectivity index is 2.58. The van der Waals surface area contributed by atoms with Crippen molar-refractivity contribution in [1.29, 1.82) is 0 Å². The van der Waals surface area contributed by atoms with Crippen molar-refractivity contribution in [2.45, 2.75) is 38.8 Å². The summed E-state index contributed by atoms with van der Waals surface area (Å²) in [5.41, 5.74) is 1.53. The van der Waals surface area contributed by atoms with E-state index in [4.69, 9.17) is 9.84 Å². The fourth-order valence-electron chi connectivity index (χ4n) is 1.90. The Labute approximate surface area is 124 Å². The first-order valence-corrected chi connectivity index (χ1v) is 6.95. The van der Waals surface area contributed by atoms with E-state index in [0.717, 1.165) is 18.4 Å². The zero-order chi connectivity index (χ0) is 15.7. The highest BCUT2D eigenvalue weighted by Crippen LogP contribution is 2.11. The van der Waals surface area contributed by atoms with Gasteiger partial charge in [-0.2, -0.15) is 0 Å². The largest absolute Gasteiger partial charge is 0.480 e. The third kappa shape index (κ3) is 6.27. The molecule has 1 aromatic carbocycles. The van der Waals surface area contributed by atoms with Gasteiger partial charge in [0.15, 0.2) is 0 Å². The first-order valence-electron chi connectivity index (χ1n) is 6.95. The van der Waals surface area contributed by atoms with Crippen LogP contribution >= 0.6 is 0 Å². The zero-order valence-electron chi connectivity index (χ0n) is 12.4. The number of benzene rings is 1. The molecule has 3 N–H and O–H groups in total. The van der Waals surface area contributed by atoms with Gasteiger partial charge in [0.25, 0.3) is 0 Å². The fraction of sp³-hybridized carbons (Fsp3) is 0.467. The topological polar surface area (TPSA) is 87.7 Å². The molecule has 1 aromatic rings. The summed E-state index contributed by atoms with van der Waals surface area (Å²) < 4.78 is 5.02. The average Bonchev–Trinajstić information content (AvgIpc) is 2.44. The summed E-state index contributed by atoms with van der Waals surface area (Å²) in [6, 6.07) is 5.81. The number of carboxylic acid groups (broad SMARTS) is 1. The van der Waals surface area contributed by atoms with E-state index in [0.29, 0.717) is 18.7 Å². The summed E-state index contributed by atoms with van der Waals surface area (Å²) in [6.07, 6.45) is 2.05. The minimum absolute atomic E-state index is 0.420. The lowest BCUT2D eigenvalue weighted by Crippen LogP contribution is -2.42. The Morgan fingerprint density at radius 1 is 1.38 bits per heavy atom. The maximum absolute atomic E-state index is 11.8. The monoisotopic (exact) mass is 294 g/mol. The molecule has 6 nitrogen and oxygen atoms in total. The molecule has 0 aromatic heterocycles. The number of anilines is 1. The first-order chi connectivity index (χ1) is 10.1. The van der Waals surface area contributed by atoms with E-state index in [1.165, 1.54) is 0 Å². The predicted octanol–water partition coefficient (Wildman–Crippen LogP) is 2.60. The molecule has 116 valence electrons. The van der Waals surface area contributed by atoms with Crippen molar-refractivity contribution >= 4 is 17.7 Å². The molecule has 0 aliphatic carbocycles. The highest BCUT2D eigenvalue weighted by molar-refractivity contribution is 5.92. The highest BCUT2D eigenvalue weighted by atomic mass is 16.5. The Kier molecular flexibility index (Phi) is 7.25. The van der Waals surface area contributed by atoms with Crippen molar-refractivity contribution in [2.24, 2.45) is 0 Å². The molecule has 1 atom stereocenters. The lowest BCUT2D eigenvalue weighted by atomic mass is 10.1. The summed E-state index contributed by atoms with van der Waals surface area (Å²) in [4.78, 5) is 22.9. The first kappa shape index (κ1) is 17.0. The Hall–Kier alpha value is -2.08. The number of methoxy groups -OCH3 is 1. The van der Waals surface area contributed by atoms with Gasteiger partial charge in [-0.05, 0) is 24.1 Å². The number of carbonyl (C=O) groups is 2. The zero-order valence-corrected chi connectivity index (χ0v) is 12.4. The molecule has 2 amide bonds. The quantitative estimate of drug-likeness (QED) is 0.687. The SMILES string of the molecule is CCCC[C@H](NC(=O)Nc1cccc(COC)c1)C(=O)O. The van der Waals surface area contributed by atoms with Crippen LogP contribution in [0.5, 0.6) is 0 Å². The molecule has 0 fully saturated rings. The van der Waals surface area contributed by atoms with Gasteiger partial charge in [-0.15, -0.1) is 0 Å². The van der Waals surface area contributed by atoms with Gasteiger partial charge in [0.1, 0.15) is 6.04 Å². The second kappa shape index (κ2) is 8.97. The number of amides is 2. The van der Waals surface area contributed by atoms with E-state index >= 15 is 0 Å². The minimum Gasteiger partial charge on any atom is -0.480 e. The molecule has 0 spiro atoms. The van der Waals surface area contributed by atoms with E-state index in [1.54, 1.807) is 25.3 Å². The Morgan fingerprint density at radius 2 is 2.14 bits per heavy atom. The summed E-state index contributed by atoms with van der Waals surface area (Å²) in [5.74, 6) is -1.02. The molecule has 0 aliphatic rings. The molecule has 0 heterocycles. The summed E-state index contributed by atoms with van der Waals surface area (Å²) in [6.45, 7) is 2.42. The van der Waals surface area contributed by atoms with E-state index < -0.39 is 18.0 Å². The molecule has 0 bridgehead atoms. The van der Waals surface area contributed by atoms with Crippen LogP contribution in [-0.4, -0.2) is 30.3 Å². The van der Waals surface area contributed by atoms with Crippen LogP contribution in [-0.2, 0) is 16.1 Å². The van der Waals surface area contributed by atoms with Crippen LogP contribution in [0.15, 0.2) is 24.3 Å². The summed E-state index contributed by atoms with van der Waals surface area (Å²) in [7, 11) is 1.60. The number of urea groups is 1. The van der Waals surface area contributed by atoms with Crippen molar-refractivity contribution in [1.82, 2.24) is 5.32 Å². The van der Waals surface area contributed by atoms with Crippen molar-refractivity contribution in [3.05, 3.63) is 29.8 Å². The second-order valence-electron chi connectivity index (χ2n) is 4.76. The maximum Gasteiger partial charge on any atom is 0.326 e. The molecule has 21 heavy (non-hydrogen) atoms. The van der Waals surface area contributed by atoms with Gasteiger partial charge in [0, 0.05) is 12.8 Å². The van der Waals surface area contributed by atoms with E-state index in [2.05, 4.69) is 10.6 Å². The van der Waals surface area contributed by atoms with Gasteiger partial charge < -0.3 is 20.5 Å². The Morgan fingerprint density at radius 3 is 2.76 bits per heavy atom. The number of ether oxygens (including phenoxy) is 1. The molecule has 6 heteroatoms. The maximum atomic E-state index is 11.8. The smallest absolute Gasteiger partial charge is 0.326 e. The molecule has 0 radical (unpaired) electrons. The number of aliphatic carboxylic acids is 1. The van der Waals surface area contributed by atoms with Crippen molar-refractivity contribution in [3.63, 3.8) is 0 Å². The third-order valence-electron chi connectivity index (χ3n) is 2.95. The van der Waals surface area contributed by atoms with Crippen LogP contribution in [0.1, 0.15) is 31.7 Å². The minimum atomic E-state index is -1.02. The van der Waals surface area contributed by atoms with Gasteiger partial charge in [0.2, 0.25) is 0 Å². The second-order valence-corrected chi connectivity index (χ2v) is 4.76. The predicted molar refractivity (Wildman–Crippen MR) is 80.3 cm³/mol. The van der Waals surface area contributed by atoms with Gasteiger partial charge in [-0.25, -0.2) is 9.59 Å². The standard InChI is InChI=1S/C15H22N2O4/c1-3-4-8-13(14(18)19)17-15(20)16-12-7-5-6-11(9-12)10-21-2/h5-7,9,13H,3-4,8,10H2,1-2H3,(H,18,19)(H2,16,17,20)/t13-/m0/s1. The number of nitrogens with one attached hydrogen (secondary N) is 2. The number of carbonyl (C=O) groups excluding carboxylic acids is 1. The summed E-state index contributed by atoms with van der Waals surface area (Å²) in [5, 5.41) is 14.2. The van der Waals surface area contributed by atoms with Crippen molar-refractivity contribution < 1.29 is 19.4 Å². The molecule has 0 saturated carbocycles. The third-order valence-corrected chi connectivity index (χ3v) is 2.95. The fourth-order valence-corrected chi connectivity index (χ4v) is 1.90. The normalized spacial score (nSPS) is 11.7. The van der Waals surface area contributed by atoms with Crippen LogP contribution in [0.2, 0.25) is 0 Å². The number of carboxylic acids is 1. The van der Waals surface area contributed by atoms with E-state index in [1.807, 2.05) is 13.0 Å². The van der Waals surface area contributed by atoms with Gasteiger partial charge in [-0.1, -0.05) is 31.9 Å². The highest BCUT2D eigenvalue weighted by Gasteiger charge is 2.19. The van der Waals surface area contributed by atoms with Gasteiger partial charge in [-0.3, -0.25) is 0 Å². The average molecular weight is 294 g/mol. The molecule has 0 unspecified atom stereocenters. The molecular weight excluding hydrogens is 272 g/mol. The molecule has 0 aliphatic heterocycles. The van der Waals surface area contributed by atoms with Crippen LogP contribution in [0.3, 0.4) is 0 Å². The summed E-state index contributed by atoms with van der Waals surface area (Å²) >= 11 is 0. The van der Waals surface area contributed by atoms with Crippen molar-refractivity contribution in [2.75, 3.05) is 12.4 Å². The van der Waals surface area contributed by atoms with Crippen LogP contribution in [0.25, 0.3) is 0 Å². The van der Waals surface area contributed by atoms with Crippen LogP contribution in [0.4, 0.5) is 10.5 Å². The molecular formula is C15H22N2O4. The van der Waals surface area contributed by atoms with E-state index in [-0.39, 0.29) is 0 Å². The Bertz CT molecular complexity index is 476.